The molecule has 1 saturated heterocycles. The monoisotopic (exact) mass is 310 g/mol. The topological polar surface area (TPSA) is 33.1 Å². The van der Waals surface area contributed by atoms with E-state index in [9.17, 15) is 0 Å². The second kappa shape index (κ2) is 6.36. The Morgan fingerprint density at radius 2 is 2.09 bits per heavy atom. The predicted octanol–water partition coefficient (Wildman–Crippen LogP) is 3.25. The highest BCUT2D eigenvalue weighted by molar-refractivity contribution is 5.61. The van der Waals surface area contributed by atoms with Crippen LogP contribution in [-0.4, -0.2) is 34.3 Å². The van der Waals surface area contributed by atoms with Gasteiger partial charge in [0.2, 0.25) is 0 Å². The Hall–Kier alpha value is -1.81. The smallest absolute Gasteiger partial charge is 0.0492 e. The van der Waals surface area contributed by atoms with E-state index in [0.29, 0.717) is 5.92 Å². The van der Waals surface area contributed by atoms with Crippen molar-refractivity contribution < 1.29 is 0 Å². The third-order valence-corrected chi connectivity index (χ3v) is 5.38. The molecule has 0 amide bonds. The summed E-state index contributed by atoms with van der Waals surface area (Å²) in [6.45, 7) is 7.69. The quantitative estimate of drug-likeness (QED) is 0.941. The van der Waals surface area contributed by atoms with Gasteiger partial charge >= 0.3 is 0 Å². The Bertz CT molecular complexity index is 668. The number of aryl methyl sites for hydroxylation is 1. The van der Waals surface area contributed by atoms with Gasteiger partial charge in [-0.2, -0.15) is 5.10 Å². The van der Waals surface area contributed by atoms with Crippen LogP contribution in [0.2, 0.25) is 0 Å². The van der Waals surface area contributed by atoms with Crippen LogP contribution in [0.3, 0.4) is 0 Å². The molecule has 1 aromatic carbocycles. The summed E-state index contributed by atoms with van der Waals surface area (Å²) in [5.41, 5.74) is 5.79. The standard InChI is InChI=1S/C19H26N4/c1-2-23-18(7-11-21-23)15-8-12-22(13-9-15)14-17-5-3-4-16-6-10-20-19(16)17/h3-5,7,11,15,20H,2,6,8-10,12-14H2,1H3. The number of anilines is 1. The lowest BCUT2D eigenvalue weighted by molar-refractivity contribution is 0.201. The molecule has 1 N–H and O–H groups in total. The molecule has 122 valence electrons. The number of hydrogen-bond donors (Lipinski definition) is 1. The van der Waals surface area contributed by atoms with Crippen molar-refractivity contribution in [3.8, 4) is 0 Å². The molecule has 0 spiro atoms. The summed E-state index contributed by atoms with van der Waals surface area (Å²) in [6.07, 6.45) is 5.61. The SMILES string of the molecule is CCn1nccc1C1CCN(Cc2cccc3c2NCC3)CC1. The first-order valence-electron chi connectivity index (χ1n) is 8.94. The average molecular weight is 310 g/mol. The van der Waals surface area contributed by atoms with Gasteiger partial charge in [0.15, 0.2) is 0 Å². The molecule has 1 aromatic heterocycles. The molecule has 4 nitrogen and oxygen atoms in total. The van der Waals surface area contributed by atoms with Crippen molar-refractivity contribution in [3.05, 3.63) is 47.3 Å². The first-order valence-corrected chi connectivity index (χ1v) is 8.94. The number of fused-ring (bicyclic) bond motifs is 1. The van der Waals surface area contributed by atoms with Gasteiger partial charge in [-0.1, -0.05) is 18.2 Å². The van der Waals surface area contributed by atoms with Gasteiger partial charge in [-0.25, -0.2) is 0 Å². The molecular formula is C19H26N4. The summed E-state index contributed by atoms with van der Waals surface area (Å²) in [5, 5.41) is 8.00. The maximum atomic E-state index is 4.43. The average Bonchev–Trinajstić information content (AvgIpc) is 3.25. The van der Waals surface area contributed by atoms with E-state index in [1.165, 1.54) is 54.9 Å². The van der Waals surface area contributed by atoms with Gasteiger partial charge in [0.25, 0.3) is 0 Å². The van der Waals surface area contributed by atoms with Gasteiger partial charge in [-0.15, -0.1) is 0 Å². The van der Waals surface area contributed by atoms with Gasteiger partial charge < -0.3 is 5.32 Å². The van der Waals surface area contributed by atoms with E-state index in [2.05, 4.69) is 51.2 Å². The van der Waals surface area contributed by atoms with Crippen LogP contribution in [0, 0.1) is 0 Å². The van der Waals surface area contributed by atoms with Crippen LogP contribution in [-0.2, 0) is 19.5 Å². The lowest BCUT2D eigenvalue weighted by Gasteiger charge is -2.32. The summed E-state index contributed by atoms with van der Waals surface area (Å²) in [5.74, 6) is 0.674. The van der Waals surface area contributed by atoms with Crippen molar-refractivity contribution in [1.82, 2.24) is 14.7 Å². The molecule has 0 radical (unpaired) electrons. The minimum atomic E-state index is 0.674. The first kappa shape index (κ1) is 14.8. The molecule has 4 rings (SSSR count). The van der Waals surface area contributed by atoms with Crippen LogP contribution < -0.4 is 5.32 Å². The Balaban J connectivity index is 1.40. The van der Waals surface area contributed by atoms with E-state index in [0.717, 1.165) is 19.6 Å². The highest BCUT2D eigenvalue weighted by Gasteiger charge is 2.24. The number of piperidine rings is 1. The molecule has 0 saturated carbocycles. The van der Waals surface area contributed by atoms with E-state index in [1.54, 1.807) is 0 Å². The molecule has 0 atom stereocenters. The van der Waals surface area contributed by atoms with Gasteiger partial charge in [-0.3, -0.25) is 9.58 Å². The lowest BCUT2D eigenvalue weighted by Crippen LogP contribution is -2.33. The van der Waals surface area contributed by atoms with Crippen molar-refractivity contribution in [3.63, 3.8) is 0 Å². The molecule has 4 heteroatoms. The van der Waals surface area contributed by atoms with Gasteiger partial charge in [0.05, 0.1) is 0 Å². The zero-order chi connectivity index (χ0) is 15.6. The van der Waals surface area contributed by atoms with E-state index in [1.807, 2.05) is 6.20 Å². The van der Waals surface area contributed by atoms with Crippen LogP contribution >= 0.6 is 0 Å². The first-order chi connectivity index (χ1) is 11.3. The molecule has 23 heavy (non-hydrogen) atoms. The van der Waals surface area contributed by atoms with Crippen LogP contribution in [0.25, 0.3) is 0 Å². The highest BCUT2D eigenvalue weighted by atomic mass is 15.3. The van der Waals surface area contributed by atoms with Crippen LogP contribution in [0.4, 0.5) is 5.69 Å². The molecule has 0 aliphatic carbocycles. The van der Waals surface area contributed by atoms with Crippen molar-refractivity contribution in [1.29, 1.82) is 0 Å². The van der Waals surface area contributed by atoms with E-state index in [-0.39, 0.29) is 0 Å². The second-order valence-electron chi connectivity index (χ2n) is 6.75. The fraction of sp³-hybridized carbons (Fsp3) is 0.526. The Morgan fingerprint density at radius 1 is 1.22 bits per heavy atom. The molecule has 2 aliphatic rings. The molecule has 2 aromatic rings. The van der Waals surface area contributed by atoms with E-state index >= 15 is 0 Å². The number of hydrogen-bond acceptors (Lipinski definition) is 3. The molecular weight excluding hydrogens is 284 g/mol. The number of benzene rings is 1. The highest BCUT2D eigenvalue weighted by Crippen LogP contribution is 2.31. The largest absolute Gasteiger partial charge is 0.384 e. The third-order valence-electron chi connectivity index (χ3n) is 5.38. The summed E-state index contributed by atoms with van der Waals surface area (Å²) in [7, 11) is 0. The van der Waals surface area contributed by atoms with Gasteiger partial charge in [-0.05, 0) is 56.5 Å². The minimum Gasteiger partial charge on any atom is -0.384 e. The third kappa shape index (κ3) is 2.88. The fourth-order valence-corrected chi connectivity index (χ4v) is 4.12. The zero-order valence-electron chi connectivity index (χ0n) is 14.0. The van der Waals surface area contributed by atoms with Crippen molar-refractivity contribution >= 4 is 5.69 Å². The summed E-state index contributed by atoms with van der Waals surface area (Å²) >= 11 is 0. The Morgan fingerprint density at radius 3 is 2.91 bits per heavy atom. The molecule has 1 fully saturated rings. The fourth-order valence-electron chi connectivity index (χ4n) is 4.12. The van der Waals surface area contributed by atoms with Crippen molar-refractivity contribution in [2.75, 3.05) is 25.0 Å². The number of likely N-dealkylation sites (tertiary alicyclic amines) is 1. The summed E-state index contributed by atoms with van der Waals surface area (Å²) in [4.78, 5) is 2.61. The second-order valence-corrected chi connectivity index (χ2v) is 6.75. The predicted molar refractivity (Wildman–Crippen MR) is 93.8 cm³/mol. The van der Waals surface area contributed by atoms with E-state index in [4.69, 9.17) is 0 Å². The number of nitrogens with one attached hydrogen (secondary N) is 1. The maximum absolute atomic E-state index is 4.43. The summed E-state index contributed by atoms with van der Waals surface area (Å²) < 4.78 is 2.16. The van der Waals surface area contributed by atoms with Crippen molar-refractivity contribution in [2.24, 2.45) is 0 Å². The van der Waals surface area contributed by atoms with E-state index < -0.39 is 0 Å². The van der Waals surface area contributed by atoms with Gasteiger partial charge in [0.1, 0.15) is 0 Å². The zero-order valence-corrected chi connectivity index (χ0v) is 14.0. The molecule has 3 heterocycles. The molecule has 2 aliphatic heterocycles. The maximum Gasteiger partial charge on any atom is 0.0492 e. The number of para-hydroxylation sites is 1. The minimum absolute atomic E-state index is 0.674. The van der Waals surface area contributed by atoms with Crippen molar-refractivity contribution in [2.45, 2.75) is 45.2 Å². The van der Waals surface area contributed by atoms with Crippen LogP contribution in [0.1, 0.15) is 42.5 Å². The normalized spacial score (nSPS) is 18.8. The lowest BCUT2D eigenvalue weighted by atomic mass is 9.93. The molecule has 0 bridgehead atoms. The number of rotatable bonds is 4. The number of aromatic nitrogens is 2. The van der Waals surface area contributed by atoms with Gasteiger partial charge in [0, 0.05) is 43.1 Å². The van der Waals surface area contributed by atoms with Crippen LogP contribution in [0.15, 0.2) is 30.5 Å². The van der Waals surface area contributed by atoms with Crippen LogP contribution in [0.5, 0.6) is 0 Å². The summed E-state index contributed by atoms with van der Waals surface area (Å²) in [6, 6.07) is 8.97. The molecule has 0 unspecified atom stereocenters. The Labute approximate surface area is 138 Å². The number of nitrogens with zero attached hydrogens (tertiary/aromatic N) is 3. The Kier molecular flexibility index (Phi) is 4.08.